The van der Waals surface area contributed by atoms with Crippen molar-refractivity contribution in [2.24, 2.45) is 0 Å². The first kappa shape index (κ1) is 17.1. The Bertz CT molecular complexity index is 358. The number of hydrogen-bond donors (Lipinski definition) is 1. The number of aliphatic hydroxyl groups is 1. The van der Waals surface area contributed by atoms with Crippen LogP contribution in [0.25, 0.3) is 0 Å². The predicted molar refractivity (Wildman–Crippen MR) is 77.8 cm³/mol. The standard InChI is InChI=1S/C11H18N2O3S2/c1-8(17)12(2)5-9(15)4-10(16)6-13(3)11(18)7-14/h14H,4-7H2,1-3H3. The van der Waals surface area contributed by atoms with E-state index in [2.05, 4.69) is 0 Å². The number of hydrogen-bond acceptors (Lipinski definition) is 5. The van der Waals surface area contributed by atoms with E-state index in [0.29, 0.717) is 4.99 Å². The van der Waals surface area contributed by atoms with Gasteiger partial charge in [0, 0.05) is 14.1 Å². The Morgan fingerprint density at radius 2 is 1.50 bits per heavy atom. The molecule has 102 valence electrons. The number of likely N-dealkylation sites (N-methyl/N-ethyl adjacent to an activating group) is 2. The molecule has 0 aliphatic rings. The fraction of sp³-hybridized carbons (Fsp3) is 0.636. The van der Waals surface area contributed by atoms with Crippen molar-refractivity contribution in [3.05, 3.63) is 0 Å². The van der Waals surface area contributed by atoms with Crippen LogP contribution in [0.5, 0.6) is 0 Å². The van der Waals surface area contributed by atoms with Gasteiger partial charge in [0.05, 0.1) is 31.1 Å². The van der Waals surface area contributed by atoms with Crippen molar-refractivity contribution in [1.82, 2.24) is 9.80 Å². The van der Waals surface area contributed by atoms with Gasteiger partial charge in [0.2, 0.25) is 0 Å². The topological polar surface area (TPSA) is 60.9 Å². The highest BCUT2D eigenvalue weighted by Gasteiger charge is 2.14. The zero-order valence-electron chi connectivity index (χ0n) is 10.8. The molecule has 0 radical (unpaired) electrons. The third-order valence-corrected chi connectivity index (χ3v) is 3.07. The van der Waals surface area contributed by atoms with E-state index in [-0.39, 0.29) is 42.7 Å². The van der Waals surface area contributed by atoms with Crippen LogP contribution >= 0.6 is 24.4 Å². The van der Waals surface area contributed by atoms with Crippen LogP contribution in [0.4, 0.5) is 0 Å². The maximum atomic E-state index is 11.6. The van der Waals surface area contributed by atoms with Crippen LogP contribution < -0.4 is 0 Å². The van der Waals surface area contributed by atoms with Crippen LogP contribution in [-0.2, 0) is 9.59 Å². The molecule has 1 N–H and O–H groups in total. The SMILES string of the molecule is CC(=S)N(C)CC(=O)CC(=O)CN(C)C(=S)CO. The molecule has 0 unspecified atom stereocenters. The van der Waals surface area contributed by atoms with Crippen LogP contribution in [0.2, 0.25) is 0 Å². The number of carbonyl (C=O) groups is 2. The number of ketones is 2. The highest BCUT2D eigenvalue weighted by atomic mass is 32.1. The summed E-state index contributed by atoms with van der Waals surface area (Å²) in [6, 6.07) is 0. The summed E-state index contributed by atoms with van der Waals surface area (Å²) < 4.78 is 0. The Morgan fingerprint density at radius 3 is 1.89 bits per heavy atom. The van der Waals surface area contributed by atoms with Crippen molar-refractivity contribution in [3.8, 4) is 0 Å². The van der Waals surface area contributed by atoms with Crippen LogP contribution in [-0.4, -0.2) is 70.2 Å². The quantitative estimate of drug-likeness (QED) is 0.525. The van der Waals surface area contributed by atoms with E-state index in [1.54, 1.807) is 25.9 Å². The van der Waals surface area contributed by atoms with E-state index in [1.165, 1.54) is 4.90 Å². The first-order valence-electron chi connectivity index (χ1n) is 5.37. The van der Waals surface area contributed by atoms with Gasteiger partial charge in [0.15, 0.2) is 11.6 Å². The molecule has 0 aromatic carbocycles. The number of rotatable bonds is 7. The van der Waals surface area contributed by atoms with Gasteiger partial charge in [-0.15, -0.1) is 0 Å². The average molecular weight is 290 g/mol. The van der Waals surface area contributed by atoms with E-state index >= 15 is 0 Å². The van der Waals surface area contributed by atoms with Gasteiger partial charge in [0.25, 0.3) is 0 Å². The smallest absolute Gasteiger partial charge is 0.159 e. The predicted octanol–water partition coefficient (Wildman–Crippen LogP) is 0.0453. The molecule has 18 heavy (non-hydrogen) atoms. The minimum absolute atomic E-state index is 0.0332. The van der Waals surface area contributed by atoms with Gasteiger partial charge in [0.1, 0.15) is 4.99 Å². The molecule has 5 nitrogen and oxygen atoms in total. The Hall–Kier alpha value is -0.920. The van der Waals surface area contributed by atoms with E-state index in [9.17, 15) is 9.59 Å². The van der Waals surface area contributed by atoms with E-state index in [1.807, 2.05) is 0 Å². The van der Waals surface area contributed by atoms with Crippen LogP contribution in [0.15, 0.2) is 0 Å². The van der Waals surface area contributed by atoms with E-state index in [0.717, 1.165) is 0 Å². The Morgan fingerprint density at radius 1 is 1.06 bits per heavy atom. The minimum Gasteiger partial charge on any atom is -0.389 e. The Kier molecular flexibility index (Phi) is 7.81. The highest BCUT2D eigenvalue weighted by molar-refractivity contribution is 7.80. The molecule has 0 saturated carbocycles. The highest BCUT2D eigenvalue weighted by Crippen LogP contribution is 1.95. The summed E-state index contributed by atoms with van der Waals surface area (Å²) in [4.78, 5) is 27.1. The zero-order chi connectivity index (χ0) is 14.3. The van der Waals surface area contributed by atoms with Crippen LogP contribution in [0, 0.1) is 0 Å². The molecule has 0 amide bonds. The maximum Gasteiger partial charge on any atom is 0.159 e. The Labute approximate surface area is 118 Å². The molecule has 0 aliphatic carbocycles. The second-order valence-corrected chi connectivity index (χ2v) is 5.10. The summed E-state index contributed by atoms with van der Waals surface area (Å²) >= 11 is 9.73. The molecule has 0 atom stereocenters. The van der Waals surface area contributed by atoms with Crippen LogP contribution in [0.1, 0.15) is 13.3 Å². The fourth-order valence-corrected chi connectivity index (χ4v) is 1.31. The van der Waals surface area contributed by atoms with Crippen molar-refractivity contribution >= 4 is 46.0 Å². The lowest BCUT2D eigenvalue weighted by Crippen LogP contribution is -2.35. The fourth-order valence-electron chi connectivity index (χ4n) is 1.18. The number of aliphatic hydroxyl groups excluding tert-OH is 1. The molecule has 0 aromatic rings. The molecule has 0 heterocycles. The summed E-state index contributed by atoms with van der Waals surface area (Å²) in [5, 5.41) is 8.80. The van der Waals surface area contributed by atoms with Gasteiger partial charge in [-0.1, -0.05) is 24.4 Å². The van der Waals surface area contributed by atoms with Gasteiger partial charge < -0.3 is 14.9 Å². The van der Waals surface area contributed by atoms with Gasteiger partial charge in [-0.2, -0.15) is 0 Å². The maximum absolute atomic E-state index is 11.6. The largest absolute Gasteiger partial charge is 0.389 e. The molecule has 0 bridgehead atoms. The molecule has 0 rings (SSSR count). The third-order valence-electron chi connectivity index (χ3n) is 2.32. The number of thiocarbonyl (C=S) groups is 2. The lowest BCUT2D eigenvalue weighted by atomic mass is 10.2. The van der Waals surface area contributed by atoms with Crippen molar-refractivity contribution in [1.29, 1.82) is 0 Å². The lowest BCUT2D eigenvalue weighted by molar-refractivity contribution is -0.127. The van der Waals surface area contributed by atoms with Crippen LogP contribution in [0.3, 0.4) is 0 Å². The molecule has 0 fully saturated rings. The normalized spacial score (nSPS) is 9.78. The molecule has 7 heteroatoms. The summed E-state index contributed by atoms with van der Waals surface area (Å²) in [5.41, 5.74) is 0. The van der Waals surface area contributed by atoms with Gasteiger partial charge >= 0.3 is 0 Å². The zero-order valence-corrected chi connectivity index (χ0v) is 12.4. The second-order valence-electron chi connectivity index (χ2n) is 4.04. The van der Waals surface area contributed by atoms with Gasteiger partial charge in [-0.3, -0.25) is 9.59 Å². The molecule has 0 saturated heterocycles. The first-order chi connectivity index (χ1) is 8.27. The Balaban J connectivity index is 4.13. The number of Topliss-reactive ketones (excluding diaryl/α,β-unsaturated/α-hetero) is 2. The molecule has 0 aromatic heterocycles. The number of carbonyl (C=O) groups excluding carboxylic acids is 2. The minimum atomic E-state index is -0.278. The lowest BCUT2D eigenvalue weighted by Gasteiger charge is -2.18. The molecule has 0 spiro atoms. The first-order valence-corrected chi connectivity index (χ1v) is 6.19. The molecular weight excluding hydrogens is 272 g/mol. The van der Waals surface area contributed by atoms with E-state index < -0.39 is 0 Å². The number of nitrogens with zero attached hydrogens (tertiary/aromatic N) is 2. The van der Waals surface area contributed by atoms with Gasteiger partial charge in [-0.25, -0.2) is 0 Å². The summed E-state index contributed by atoms with van der Waals surface area (Å²) in [6.45, 7) is 1.61. The van der Waals surface area contributed by atoms with E-state index in [4.69, 9.17) is 29.5 Å². The monoisotopic (exact) mass is 290 g/mol. The third kappa shape index (κ3) is 6.73. The molecular formula is C11H18N2O3S2. The summed E-state index contributed by atoms with van der Waals surface area (Å²) in [6.07, 6.45) is -0.147. The second kappa shape index (κ2) is 8.23. The van der Waals surface area contributed by atoms with Crippen molar-refractivity contribution in [3.63, 3.8) is 0 Å². The van der Waals surface area contributed by atoms with Crippen molar-refractivity contribution < 1.29 is 14.7 Å². The van der Waals surface area contributed by atoms with Gasteiger partial charge in [-0.05, 0) is 6.92 Å². The average Bonchev–Trinajstić information content (AvgIpc) is 2.26. The molecule has 0 aliphatic heterocycles. The van der Waals surface area contributed by atoms with Crippen molar-refractivity contribution in [2.45, 2.75) is 13.3 Å². The summed E-state index contributed by atoms with van der Waals surface area (Å²) in [7, 11) is 3.31. The van der Waals surface area contributed by atoms with Crippen molar-refractivity contribution in [2.75, 3.05) is 33.8 Å². The summed E-state index contributed by atoms with van der Waals surface area (Å²) in [5.74, 6) is -0.413.